The Hall–Kier alpha value is -1.38. The van der Waals surface area contributed by atoms with Crippen LogP contribution >= 0.6 is 23.2 Å². The average Bonchev–Trinajstić information content (AvgIpc) is 2.32. The lowest BCUT2D eigenvalue weighted by atomic mass is 10.1. The lowest BCUT2D eigenvalue weighted by Crippen LogP contribution is -1.79. The van der Waals surface area contributed by atoms with Gasteiger partial charge in [0, 0.05) is 10.0 Å². The molecule has 0 atom stereocenters. The predicted octanol–water partition coefficient (Wildman–Crippen LogP) is 5.02. The number of rotatable bonds is 0. The Morgan fingerprint density at radius 2 is 1.21 bits per heavy atom. The van der Waals surface area contributed by atoms with Crippen LogP contribution < -0.4 is 0 Å². The highest BCUT2D eigenvalue weighted by Gasteiger charge is 2.00. The lowest BCUT2D eigenvalue weighted by molar-refractivity contribution is 0.467. The van der Waals surface area contributed by atoms with Crippen molar-refractivity contribution >= 4 is 23.2 Å². The van der Waals surface area contributed by atoms with Crippen molar-refractivity contribution < 1.29 is 10.2 Å². The van der Waals surface area contributed by atoms with Crippen molar-refractivity contribution in [2.75, 3.05) is 0 Å². The van der Waals surface area contributed by atoms with Crippen molar-refractivity contribution in [3.63, 3.8) is 0 Å². The molecule has 0 saturated carbocycles. The number of phenols is 2. The predicted molar refractivity (Wildman–Crippen MR) is 80.4 cm³/mol. The molecule has 0 aliphatic carbocycles. The Morgan fingerprint density at radius 3 is 1.63 bits per heavy atom. The first-order valence-corrected chi connectivity index (χ1v) is 6.47. The maximum atomic E-state index is 9.27. The quantitative estimate of drug-likeness (QED) is 0.717. The van der Waals surface area contributed by atoms with Gasteiger partial charge < -0.3 is 10.2 Å². The number of halogens is 2. The molecule has 0 saturated heterocycles. The van der Waals surface area contributed by atoms with Crippen LogP contribution in [0.15, 0.2) is 30.3 Å². The van der Waals surface area contributed by atoms with Crippen molar-refractivity contribution in [2.24, 2.45) is 0 Å². The molecule has 2 N–H and O–H groups in total. The van der Waals surface area contributed by atoms with E-state index in [4.69, 9.17) is 28.3 Å². The van der Waals surface area contributed by atoms with E-state index in [1.54, 1.807) is 37.3 Å². The lowest BCUT2D eigenvalue weighted by Gasteiger charge is -2.01. The fourth-order valence-corrected chi connectivity index (χ4v) is 2.08. The number of aryl methyl sites for hydroxylation is 3. The molecule has 0 unspecified atom stereocenters. The minimum Gasteiger partial charge on any atom is -0.508 e. The first-order chi connectivity index (χ1) is 8.81. The fourth-order valence-electron chi connectivity index (χ4n) is 1.52. The number of benzene rings is 2. The van der Waals surface area contributed by atoms with E-state index in [9.17, 15) is 5.11 Å². The molecule has 0 heterocycles. The third-order valence-corrected chi connectivity index (χ3v) is 3.07. The van der Waals surface area contributed by atoms with Gasteiger partial charge in [0.2, 0.25) is 0 Å². The summed E-state index contributed by atoms with van der Waals surface area (Å²) in [7, 11) is 0. The zero-order valence-electron chi connectivity index (χ0n) is 11.0. The van der Waals surface area contributed by atoms with Crippen molar-refractivity contribution in [3.8, 4) is 11.5 Å². The molecule has 2 rings (SSSR count). The molecule has 0 aliphatic rings. The molecule has 0 aromatic heterocycles. The Kier molecular flexibility index (Phi) is 5.52. The van der Waals surface area contributed by atoms with Gasteiger partial charge in [0.15, 0.2) is 0 Å². The van der Waals surface area contributed by atoms with Gasteiger partial charge in [-0.1, -0.05) is 23.2 Å². The summed E-state index contributed by atoms with van der Waals surface area (Å²) < 4.78 is 0. The van der Waals surface area contributed by atoms with E-state index >= 15 is 0 Å². The summed E-state index contributed by atoms with van der Waals surface area (Å²) in [5, 5.41) is 19.6. The van der Waals surface area contributed by atoms with E-state index < -0.39 is 0 Å². The summed E-state index contributed by atoms with van der Waals surface area (Å²) in [6.45, 7) is 5.46. The van der Waals surface area contributed by atoms with Gasteiger partial charge >= 0.3 is 0 Å². The molecule has 2 aromatic carbocycles. The SMILES string of the molecule is Cc1cc(Cl)cc(C)c1O.Cc1cc(Cl)ccc1O. The van der Waals surface area contributed by atoms with Crippen LogP contribution in [0.2, 0.25) is 10.0 Å². The van der Waals surface area contributed by atoms with Crippen LogP contribution in [0.1, 0.15) is 16.7 Å². The van der Waals surface area contributed by atoms with Crippen LogP contribution in [-0.2, 0) is 0 Å². The van der Waals surface area contributed by atoms with E-state index in [1.807, 2.05) is 13.8 Å². The summed E-state index contributed by atoms with van der Waals surface area (Å²) >= 11 is 11.3. The van der Waals surface area contributed by atoms with Gasteiger partial charge in [-0.15, -0.1) is 0 Å². The fraction of sp³-hybridized carbons (Fsp3) is 0.200. The summed E-state index contributed by atoms with van der Waals surface area (Å²) in [5.41, 5.74) is 2.46. The van der Waals surface area contributed by atoms with Gasteiger partial charge in [-0.05, 0) is 67.8 Å². The monoisotopic (exact) mass is 298 g/mol. The van der Waals surface area contributed by atoms with Crippen molar-refractivity contribution in [3.05, 3.63) is 57.1 Å². The van der Waals surface area contributed by atoms with Crippen LogP contribution in [0.5, 0.6) is 11.5 Å². The molecule has 2 nitrogen and oxygen atoms in total. The van der Waals surface area contributed by atoms with Crippen LogP contribution in [0.4, 0.5) is 0 Å². The summed E-state index contributed by atoms with van der Waals surface area (Å²) in [4.78, 5) is 0. The Labute approximate surface area is 123 Å². The highest BCUT2D eigenvalue weighted by molar-refractivity contribution is 6.31. The van der Waals surface area contributed by atoms with E-state index in [-0.39, 0.29) is 0 Å². The number of hydrogen-bond acceptors (Lipinski definition) is 2. The van der Waals surface area contributed by atoms with Gasteiger partial charge in [0.1, 0.15) is 11.5 Å². The first kappa shape index (κ1) is 15.7. The molecule has 19 heavy (non-hydrogen) atoms. The maximum Gasteiger partial charge on any atom is 0.121 e. The van der Waals surface area contributed by atoms with E-state index in [2.05, 4.69) is 0 Å². The van der Waals surface area contributed by atoms with Gasteiger partial charge in [-0.3, -0.25) is 0 Å². The summed E-state index contributed by atoms with van der Waals surface area (Å²) in [5.74, 6) is 0.629. The summed E-state index contributed by atoms with van der Waals surface area (Å²) in [6.07, 6.45) is 0. The molecule has 102 valence electrons. The van der Waals surface area contributed by atoms with Gasteiger partial charge in [-0.25, -0.2) is 0 Å². The van der Waals surface area contributed by atoms with Crippen molar-refractivity contribution in [1.29, 1.82) is 0 Å². The zero-order chi connectivity index (χ0) is 14.6. The van der Waals surface area contributed by atoms with Crippen LogP contribution in [-0.4, -0.2) is 10.2 Å². The minimum absolute atomic E-state index is 0.291. The average molecular weight is 299 g/mol. The molecule has 0 aliphatic heterocycles. The highest BCUT2D eigenvalue weighted by Crippen LogP contribution is 2.25. The number of phenolic OH excluding ortho intramolecular Hbond substituents is 2. The number of aromatic hydroxyl groups is 2. The second-order valence-corrected chi connectivity index (χ2v) is 5.19. The highest BCUT2D eigenvalue weighted by atomic mass is 35.5. The molecule has 0 fully saturated rings. The standard InChI is InChI=1S/C8H9ClO.C7H7ClO/c1-5-3-7(9)4-6(2)8(5)10;1-5-4-6(8)2-3-7(5)9/h3-4,10H,1-2H3;2-4,9H,1H3. The zero-order valence-corrected chi connectivity index (χ0v) is 12.5. The smallest absolute Gasteiger partial charge is 0.121 e. The minimum atomic E-state index is 0.291. The van der Waals surface area contributed by atoms with Gasteiger partial charge in [0.05, 0.1) is 0 Å². The second kappa shape index (κ2) is 6.69. The maximum absolute atomic E-state index is 9.27. The van der Waals surface area contributed by atoms with Crippen molar-refractivity contribution in [1.82, 2.24) is 0 Å². The number of hydrogen-bond donors (Lipinski definition) is 2. The molecule has 0 bridgehead atoms. The second-order valence-electron chi connectivity index (χ2n) is 4.32. The van der Waals surface area contributed by atoms with Gasteiger partial charge in [0.25, 0.3) is 0 Å². The van der Waals surface area contributed by atoms with Crippen LogP contribution in [0.25, 0.3) is 0 Å². The van der Waals surface area contributed by atoms with Crippen LogP contribution in [0, 0.1) is 20.8 Å². The largest absolute Gasteiger partial charge is 0.508 e. The van der Waals surface area contributed by atoms with E-state index in [1.165, 1.54) is 0 Å². The molecular weight excluding hydrogens is 283 g/mol. The normalized spacial score (nSPS) is 9.74. The summed E-state index contributed by atoms with van der Waals surface area (Å²) in [6, 6.07) is 8.44. The Morgan fingerprint density at radius 1 is 0.737 bits per heavy atom. The van der Waals surface area contributed by atoms with Crippen molar-refractivity contribution in [2.45, 2.75) is 20.8 Å². The molecule has 0 spiro atoms. The molecule has 2 aromatic rings. The first-order valence-electron chi connectivity index (χ1n) is 5.72. The van der Waals surface area contributed by atoms with Crippen LogP contribution in [0.3, 0.4) is 0 Å². The molecule has 0 amide bonds. The third kappa shape index (κ3) is 4.66. The Balaban J connectivity index is 0.000000191. The van der Waals surface area contributed by atoms with Gasteiger partial charge in [-0.2, -0.15) is 0 Å². The topological polar surface area (TPSA) is 40.5 Å². The van der Waals surface area contributed by atoms with E-state index in [0.717, 1.165) is 16.7 Å². The molecule has 4 heteroatoms. The van der Waals surface area contributed by atoms with E-state index in [0.29, 0.717) is 21.5 Å². The molecule has 0 radical (unpaired) electrons. The third-order valence-electron chi connectivity index (χ3n) is 2.61. The Bertz CT molecular complexity index is 557. The molecular formula is C15H16Cl2O2.